The van der Waals surface area contributed by atoms with Crippen molar-refractivity contribution in [3.63, 3.8) is 0 Å². The summed E-state index contributed by atoms with van der Waals surface area (Å²) in [6.45, 7) is 3.02. The monoisotopic (exact) mass is 516 g/mol. The maximum Gasteiger partial charge on any atom is 0.308 e. The normalized spacial score (nSPS) is 14.3. The first-order valence-electron chi connectivity index (χ1n) is 10.6. The second kappa shape index (κ2) is 9.07. The van der Waals surface area contributed by atoms with E-state index in [1.54, 1.807) is 35.8 Å². The Hall–Kier alpha value is -2.85. The molecule has 7 nitrogen and oxygen atoms in total. The lowest BCUT2D eigenvalue weighted by Crippen LogP contribution is -2.27. The van der Waals surface area contributed by atoms with E-state index in [4.69, 9.17) is 21.1 Å². The van der Waals surface area contributed by atoms with Crippen molar-refractivity contribution in [1.29, 1.82) is 0 Å². The second-order valence-corrected chi connectivity index (χ2v) is 11.0. The Morgan fingerprint density at radius 2 is 1.82 bits per heavy atom. The van der Waals surface area contributed by atoms with Crippen LogP contribution in [0, 0.1) is 0 Å². The summed E-state index contributed by atoms with van der Waals surface area (Å²) in [4.78, 5) is 12.6. The average molecular weight is 517 g/mol. The van der Waals surface area contributed by atoms with Crippen molar-refractivity contribution in [2.45, 2.75) is 24.4 Å². The molecule has 0 aliphatic carbocycles. The molecule has 176 valence electrons. The molecule has 1 atom stereocenters. The molecule has 3 aromatic carbocycles. The van der Waals surface area contributed by atoms with E-state index in [0.717, 1.165) is 22.5 Å². The van der Waals surface area contributed by atoms with Crippen molar-refractivity contribution >= 4 is 43.2 Å². The van der Waals surface area contributed by atoms with Crippen molar-refractivity contribution in [1.82, 2.24) is 9.29 Å². The first-order valence-corrected chi connectivity index (χ1v) is 13.3. The zero-order valence-electron chi connectivity index (χ0n) is 18.2. The highest BCUT2D eigenvalue weighted by molar-refractivity contribution is 7.89. The number of nitrogens with zero attached hydrogens (tertiary/aromatic N) is 1. The van der Waals surface area contributed by atoms with Crippen molar-refractivity contribution in [3.05, 3.63) is 86.5 Å². The molecule has 10 heteroatoms. The van der Waals surface area contributed by atoms with E-state index in [0.29, 0.717) is 46.5 Å². The van der Waals surface area contributed by atoms with E-state index >= 15 is 0 Å². The van der Waals surface area contributed by atoms with Gasteiger partial charge in [0.2, 0.25) is 10.0 Å². The third kappa shape index (κ3) is 4.44. The topological polar surface area (TPSA) is 86.6 Å². The number of thiazole rings is 1. The molecule has 0 spiro atoms. The molecule has 0 radical (unpaired) electrons. The summed E-state index contributed by atoms with van der Waals surface area (Å²) >= 11 is 7.26. The van der Waals surface area contributed by atoms with Crippen LogP contribution in [-0.4, -0.2) is 26.2 Å². The highest BCUT2D eigenvalue weighted by Crippen LogP contribution is 2.33. The number of fused-ring (bicyclic) bond motifs is 2. The van der Waals surface area contributed by atoms with Crippen molar-refractivity contribution < 1.29 is 17.9 Å². The third-order valence-electron chi connectivity index (χ3n) is 5.63. The Balaban J connectivity index is 1.41. The maximum absolute atomic E-state index is 13.1. The zero-order chi connectivity index (χ0) is 23.9. The van der Waals surface area contributed by atoms with Crippen molar-refractivity contribution in [2.75, 3.05) is 13.2 Å². The number of aromatic nitrogens is 1. The van der Waals surface area contributed by atoms with E-state index < -0.39 is 16.1 Å². The number of halogens is 1. The number of benzene rings is 3. The lowest BCUT2D eigenvalue weighted by atomic mass is 10.1. The SMILES string of the molecule is C[C@@H](NS(=O)(=O)c1ccc2c(c1)sc(=O)n2Cc1ccccc1Cl)c1ccc2c(c1)OCCO2. The molecule has 0 bridgehead atoms. The Morgan fingerprint density at radius 1 is 1.06 bits per heavy atom. The fourth-order valence-electron chi connectivity index (χ4n) is 3.86. The van der Waals surface area contributed by atoms with Crippen LogP contribution in [0.25, 0.3) is 10.2 Å². The lowest BCUT2D eigenvalue weighted by molar-refractivity contribution is 0.171. The quantitative estimate of drug-likeness (QED) is 0.405. The molecule has 0 unspecified atom stereocenters. The first kappa shape index (κ1) is 22.9. The van der Waals surface area contributed by atoms with Gasteiger partial charge in [-0.05, 0) is 54.4 Å². The Morgan fingerprint density at radius 3 is 2.62 bits per heavy atom. The van der Waals surface area contributed by atoms with Gasteiger partial charge < -0.3 is 9.47 Å². The van der Waals surface area contributed by atoms with Crippen LogP contribution < -0.4 is 19.1 Å². The van der Waals surface area contributed by atoms with E-state index in [1.807, 2.05) is 24.3 Å². The van der Waals surface area contributed by atoms with E-state index in [-0.39, 0.29) is 9.77 Å². The molecule has 0 fully saturated rings. The predicted molar refractivity (Wildman–Crippen MR) is 133 cm³/mol. The van der Waals surface area contributed by atoms with Gasteiger partial charge in [-0.25, -0.2) is 13.1 Å². The molecule has 1 aliphatic heterocycles. The number of sulfonamides is 1. The average Bonchev–Trinajstić information content (AvgIpc) is 3.14. The Kier molecular flexibility index (Phi) is 6.11. The third-order valence-corrected chi connectivity index (χ3v) is 8.48. The molecule has 0 saturated carbocycles. The van der Waals surface area contributed by atoms with Gasteiger partial charge in [0.1, 0.15) is 13.2 Å². The standard InChI is InChI=1S/C24H21ClN2O5S2/c1-15(16-6-9-21-22(12-16)32-11-10-31-21)26-34(29,30)18-7-8-20-23(13-18)33-24(28)27(20)14-17-4-2-3-5-19(17)25/h2-9,12-13,15,26H,10-11,14H2,1H3/t15-/m1/s1. The summed E-state index contributed by atoms with van der Waals surface area (Å²) in [6.07, 6.45) is 0. The van der Waals surface area contributed by atoms with Crippen LogP contribution >= 0.6 is 22.9 Å². The van der Waals surface area contributed by atoms with E-state index in [2.05, 4.69) is 4.72 Å². The number of hydrogen-bond acceptors (Lipinski definition) is 6. The van der Waals surface area contributed by atoms with Gasteiger partial charge in [0.05, 0.1) is 21.7 Å². The van der Waals surface area contributed by atoms with Gasteiger partial charge >= 0.3 is 4.87 Å². The molecule has 1 N–H and O–H groups in total. The fourth-order valence-corrected chi connectivity index (χ4v) is 6.32. The van der Waals surface area contributed by atoms with E-state index in [1.165, 1.54) is 12.1 Å². The predicted octanol–water partition coefficient (Wildman–Crippen LogP) is 4.58. The summed E-state index contributed by atoms with van der Waals surface area (Å²) in [6, 6.07) is 16.9. The summed E-state index contributed by atoms with van der Waals surface area (Å²) in [5.74, 6) is 1.24. The number of rotatable bonds is 6. The largest absolute Gasteiger partial charge is 0.486 e. The van der Waals surface area contributed by atoms with E-state index in [9.17, 15) is 13.2 Å². The van der Waals surface area contributed by atoms with Gasteiger partial charge in [0.15, 0.2) is 11.5 Å². The number of hydrogen-bond donors (Lipinski definition) is 1. The summed E-state index contributed by atoms with van der Waals surface area (Å²) in [5, 5.41) is 0.574. The van der Waals surface area contributed by atoms with Gasteiger partial charge in [-0.1, -0.05) is 47.2 Å². The van der Waals surface area contributed by atoms with Crippen molar-refractivity contribution in [3.8, 4) is 11.5 Å². The molecule has 0 amide bonds. The molecular formula is C24H21ClN2O5S2. The highest BCUT2D eigenvalue weighted by Gasteiger charge is 2.22. The van der Waals surface area contributed by atoms with Gasteiger partial charge in [0, 0.05) is 11.1 Å². The van der Waals surface area contributed by atoms with Gasteiger partial charge in [-0.15, -0.1) is 0 Å². The molecular weight excluding hydrogens is 496 g/mol. The summed E-state index contributed by atoms with van der Waals surface area (Å²) < 4.78 is 42.2. The van der Waals surface area contributed by atoms with Crippen LogP contribution in [0.1, 0.15) is 24.1 Å². The van der Waals surface area contributed by atoms with Crippen LogP contribution in [0.3, 0.4) is 0 Å². The molecule has 5 rings (SSSR count). The molecule has 1 aliphatic rings. The molecule has 1 aromatic heterocycles. The van der Waals surface area contributed by atoms with Crippen LogP contribution in [-0.2, 0) is 16.6 Å². The van der Waals surface area contributed by atoms with Crippen molar-refractivity contribution in [2.24, 2.45) is 0 Å². The second-order valence-electron chi connectivity index (χ2n) is 7.92. The highest BCUT2D eigenvalue weighted by atomic mass is 35.5. The fraction of sp³-hybridized carbons (Fsp3) is 0.208. The number of nitrogens with one attached hydrogen (secondary N) is 1. The Bertz CT molecular complexity index is 1540. The maximum atomic E-state index is 13.1. The van der Waals surface area contributed by atoms with Crippen LogP contribution in [0.2, 0.25) is 5.02 Å². The molecule has 2 heterocycles. The molecule has 0 saturated heterocycles. The van der Waals surface area contributed by atoms with Gasteiger partial charge in [-0.2, -0.15) is 0 Å². The minimum Gasteiger partial charge on any atom is -0.486 e. The van der Waals surface area contributed by atoms with Crippen LogP contribution in [0.5, 0.6) is 11.5 Å². The van der Waals surface area contributed by atoms with Gasteiger partial charge in [-0.3, -0.25) is 9.36 Å². The molecule has 4 aromatic rings. The number of ether oxygens (including phenoxy) is 2. The van der Waals surface area contributed by atoms with Gasteiger partial charge in [0.25, 0.3) is 0 Å². The van der Waals surface area contributed by atoms with Crippen LogP contribution in [0.15, 0.2) is 70.4 Å². The first-order chi connectivity index (χ1) is 16.3. The zero-order valence-corrected chi connectivity index (χ0v) is 20.5. The minimum atomic E-state index is -3.84. The smallest absolute Gasteiger partial charge is 0.308 e. The lowest BCUT2D eigenvalue weighted by Gasteiger charge is -2.21. The van der Waals surface area contributed by atoms with Crippen LogP contribution in [0.4, 0.5) is 0 Å². The summed E-state index contributed by atoms with van der Waals surface area (Å²) in [7, 11) is -3.84. The molecule has 34 heavy (non-hydrogen) atoms. The Labute approximate surface area is 205 Å². The minimum absolute atomic E-state index is 0.0931. The summed E-state index contributed by atoms with van der Waals surface area (Å²) in [5.41, 5.74) is 2.23.